The van der Waals surface area contributed by atoms with Crippen molar-refractivity contribution in [1.82, 2.24) is 4.90 Å². The smallest absolute Gasteiger partial charge is 0.233 e. The van der Waals surface area contributed by atoms with Gasteiger partial charge in [-0.25, -0.2) is 0 Å². The molecule has 2 amide bonds. The fourth-order valence-electron chi connectivity index (χ4n) is 2.50. The van der Waals surface area contributed by atoms with Crippen LogP contribution in [0.25, 0.3) is 0 Å². The van der Waals surface area contributed by atoms with Gasteiger partial charge in [-0.2, -0.15) is 0 Å². The Morgan fingerprint density at radius 2 is 1.56 bits per heavy atom. The predicted octanol–water partition coefficient (Wildman–Crippen LogP) is 1.81. The van der Waals surface area contributed by atoms with E-state index >= 15 is 0 Å². The largest absolute Gasteiger partial charge is 0.285 e. The lowest BCUT2D eigenvalue weighted by Crippen LogP contribution is -2.43. The Morgan fingerprint density at radius 1 is 1.12 bits per heavy atom. The van der Waals surface area contributed by atoms with Crippen molar-refractivity contribution in [3.63, 3.8) is 0 Å². The zero-order valence-electron chi connectivity index (χ0n) is 10.2. The highest BCUT2D eigenvalue weighted by molar-refractivity contribution is 6.76. The lowest BCUT2D eigenvalue weighted by atomic mass is 9.85. The van der Waals surface area contributed by atoms with Crippen molar-refractivity contribution in [1.29, 1.82) is 0 Å². The molecule has 4 heteroatoms. The molecular weight excluding hydrogens is 218 g/mol. The minimum atomic E-state index is -1.41. The molecule has 0 aromatic carbocycles. The maximum Gasteiger partial charge on any atom is 0.233 e. The van der Waals surface area contributed by atoms with Gasteiger partial charge in [-0.15, -0.1) is 0 Å². The molecule has 0 bridgehead atoms. The van der Waals surface area contributed by atoms with Gasteiger partial charge in [0.05, 0.1) is 19.9 Å². The van der Waals surface area contributed by atoms with E-state index in [2.05, 4.69) is 19.6 Å². The third-order valence-corrected chi connectivity index (χ3v) is 4.50. The highest BCUT2D eigenvalue weighted by Crippen LogP contribution is 2.35. The minimum absolute atomic E-state index is 0.0613. The lowest BCUT2D eigenvalue weighted by Gasteiger charge is -2.23. The third kappa shape index (κ3) is 1.98. The molecule has 1 saturated heterocycles. The number of imide groups is 1. The summed E-state index contributed by atoms with van der Waals surface area (Å²) in [5.74, 6) is 0.0197. The van der Waals surface area contributed by atoms with E-state index in [4.69, 9.17) is 0 Å². The maximum atomic E-state index is 12.1. The topological polar surface area (TPSA) is 37.4 Å². The van der Waals surface area contributed by atoms with Crippen LogP contribution < -0.4 is 0 Å². The number of carbonyl (C=O) groups is 2. The standard InChI is InChI=1S/C12H19NO2Si/c1-16(2,3)8-13-11(14)9-6-4-5-7-10(9)12(13)15/h4-5,9-10H,6-8H2,1-3H3/t9-,10+. The van der Waals surface area contributed by atoms with Crippen LogP contribution >= 0.6 is 0 Å². The van der Waals surface area contributed by atoms with Gasteiger partial charge in [0.2, 0.25) is 11.8 Å². The average molecular weight is 237 g/mol. The average Bonchev–Trinajstić information content (AvgIpc) is 2.43. The maximum absolute atomic E-state index is 12.1. The van der Waals surface area contributed by atoms with Crippen LogP contribution in [-0.2, 0) is 9.59 Å². The van der Waals surface area contributed by atoms with Crippen molar-refractivity contribution in [3.8, 4) is 0 Å². The molecule has 2 aliphatic rings. The highest BCUT2D eigenvalue weighted by Gasteiger charge is 2.47. The van der Waals surface area contributed by atoms with Gasteiger partial charge in [0.1, 0.15) is 0 Å². The summed E-state index contributed by atoms with van der Waals surface area (Å²) in [6, 6.07) is 0. The molecule has 0 spiro atoms. The number of likely N-dealkylation sites (tertiary alicyclic amines) is 1. The molecule has 0 aromatic heterocycles. The number of nitrogens with zero attached hydrogens (tertiary/aromatic N) is 1. The third-order valence-electron chi connectivity index (χ3n) is 3.23. The Balaban J connectivity index is 2.18. The van der Waals surface area contributed by atoms with Crippen LogP contribution in [0.3, 0.4) is 0 Å². The van der Waals surface area contributed by atoms with Gasteiger partial charge < -0.3 is 0 Å². The van der Waals surface area contributed by atoms with Crippen molar-refractivity contribution >= 4 is 19.9 Å². The van der Waals surface area contributed by atoms with Crippen molar-refractivity contribution in [2.75, 3.05) is 6.17 Å². The molecule has 0 unspecified atom stereocenters. The SMILES string of the molecule is C[Si](C)(C)CN1C(=O)[C@H]2CC=CC[C@H]2C1=O. The van der Waals surface area contributed by atoms with E-state index in [0.29, 0.717) is 6.17 Å². The summed E-state index contributed by atoms with van der Waals surface area (Å²) >= 11 is 0. The van der Waals surface area contributed by atoms with Crippen LogP contribution in [0.1, 0.15) is 12.8 Å². The fraction of sp³-hybridized carbons (Fsp3) is 0.667. The fourth-order valence-corrected chi connectivity index (χ4v) is 3.76. The van der Waals surface area contributed by atoms with E-state index in [1.54, 1.807) is 0 Å². The molecule has 88 valence electrons. The molecule has 0 aromatic rings. The predicted molar refractivity (Wildman–Crippen MR) is 65.4 cm³/mol. The quantitative estimate of drug-likeness (QED) is 0.417. The Bertz CT molecular complexity index is 331. The van der Waals surface area contributed by atoms with Crippen molar-refractivity contribution in [2.24, 2.45) is 11.8 Å². The first-order valence-electron chi connectivity index (χ1n) is 5.90. The number of hydrogen-bond acceptors (Lipinski definition) is 2. The van der Waals surface area contributed by atoms with Gasteiger partial charge >= 0.3 is 0 Å². The number of allylic oxidation sites excluding steroid dienone is 2. The summed E-state index contributed by atoms with van der Waals surface area (Å²) in [5, 5.41) is 0. The Hall–Kier alpha value is -0.903. The number of amides is 2. The Labute approximate surface area is 97.5 Å². The molecule has 1 aliphatic carbocycles. The molecule has 0 radical (unpaired) electrons. The molecule has 1 aliphatic heterocycles. The summed E-state index contributed by atoms with van der Waals surface area (Å²) in [4.78, 5) is 25.8. The normalized spacial score (nSPS) is 29.8. The second-order valence-electron chi connectivity index (χ2n) is 5.98. The zero-order valence-corrected chi connectivity index (χ0v) is 11.2. The van der Waals surface area contributed by atoms with E-state index in [-0.39, 0.29) is 23.7 Å². The Morgan fingerprint density at radius 3 is 1.94 bits per heavy atom. The van der Waals surface area contributed by atoms with Crippen LogP contribution in [-0.4, -0.2) is 31.0 Å². The Kier molecular flexibility index (Phi) is 2.78. The number of rotatable bonds is 2. The van der Waals surface area contributed by atoms with E-state index in [0.717, 1.165) is 12.8 Å². The molecule has 2 rings (SSSR count). The first-order chi connectivity index (χ1) is 7.40. The van der Waals surface area contributed by atoms with E-state index in [1.165, 1.54) is 4.90 Å². The van der Waals surface area contributed by atoms with E-state index < -0.39 is 8.07 Å². The van der Waals surface area contributed by atoms with Gasteiger partial charge in [-0.05, 0) is 12.8 Å². The summed E-state index contributed by atoms with van der Waals surface area (Å²) in [6.07, 6.45) is 6.24. The van der Waals surface area contributed by atoms with E-state index in [1.807, 2.05) is 12.2 Å². The summed E-state index contributed by atoms with van der Waals surface area (Å²) in [6.45, 7) is 6.56. The second kappa shape index (κ2) is 3.84. The van der Waals surface area contributed by atoms with Crippen LogP contribution in [0, 0.1) is 11.8 Å². The molecule has 3 nitrogen and oxygen atoms in total. The summed E-state index contributed by atoms with van der Waals surface area (Å²) < 4.78 is 0. The lowest BCUT2D eigenvalue weighted by molar-refractivity contribution is -0.138. The van der Waals surface area contributed by atoms with Crippen LogP contribution in [0.15, 0.2) is 12.2 Å². The van der Waals surface area contributed by atoms with Gasteiger partial charge in [-0.3, -0.25) is 14.5 Å². The number of hydrogen-bond donors (Lipinski definition) is 0. The van der Waals surface area contributed by atoms with Crippen LogP contribution in [0.2, 0.25) is 19.6 Å². The monoisotopic (exact) mass is 237 g/mol. The van der Waals surface area contributed by atoms with Gasteiger partial charge in [0, 0.05) is 6.17 Å². The van der Waals surface area contributed by atoms with Crippen molar-refractivity contribution in [3.05, 3.63) is 12.2 Å². The molecule has 16 heavy (non-hydrogen) atoms. The second-order valence-corrected chi connectivity index (χ2v) is 11.4. The van der Waals surface area contributed by atoms with Gasteiger partial charge in [-0.1, -0.05) is 31.8 Å². The van der Waals surface area contributed by atoms with Crippen LogP contribution in [0.4, 0.5) is 0 Å². The van der Waals surface area contributed by atoms with Crippen molar-refractivity contribution in [2.45, 2.75) is 32.5 Å². The first-order valence-corrected chi connectivity index (χ1v) is 9.61. The summed E-state index contributed by atoms with van der Waals surface area (Å²) in [5.41, 5.74) is 0. The van der Waals surface area contributed by atoms with E-state index in [9.17, 15) is 9.59 Å². The molecule has 0 N–H and O–H groups in total. The van der Waals surface area contributed by atoms with Crippen LogP contribution in [0.5, 0.6) is 0 Å². The van der Waals surface area contributed by atoms with Gasteiger partial charge in [0.25, 0.3) is 0 Å². The minimum Gasteiger partial charge on any atom is -0.285 e. The number of carbonyl (C=O) groups excluding carboxylic acids is 2. The number of fused-ring (bicyclic) bond motifs is 1. The van der Waals surface area contributed by atoms with Crippen molar-refractivity contribution < 1.29 is 9.59 Å². The van der Waals surface area contributed by atoms with Gasteiger partial charge in [0.15, 0.2) is 0 Å². The summed E-state index contributed by atoms with van der Waals surface area (Å²) in [7, 11) is -1.41. The molecule has 1 fully saturated rings. The molecule has 0 saturated carbocycles. The highest BCUT2D eigenvalue weighted by atomic mass is 28.3. The molecule has 2 atom stereocenters. The molecular formula is C12H19NO2Si. The first kappa shape index (κ1) is 11.6. The molecule has 1 heterocycles. The zero-order chi connectivity index (χ0) is 11.9.